The number of aliphatic carboxylic acids is 1. The quantitative estimate of drug-likeness (QED) is 0.731. The Kier molecular flexibility index (Phi) is 4.14. The van der Waals surface area contributed by atoms with Crippen molar-refractivity contribution >= 4 is 16.2 Å². The molecule has 2 N–H and O–H groups in total. The SMILES string of the molecule is CC1(CNS(=O)(=O)N2CCCCC2C(=O)O)COC1. The fourth-order valence-electron chi connectivity index (χ4n) is 2.34. The molecule has 2 aliphatic heterocycles. The minimum atomic E-state index is -3.74. The maximum atomic E-state index is 12.2. The van der Waals surface area contributed by atoms with Crippen molar-refractivity contribution in [2.24, 2.45) is 5.41 Å². The van der Waals surface area contributed by atoms with Crippen molar-refractivity contribution in [1.29, 1.82) is 0 Å². The van der Waals surface area contributed by atoms with Crippen LogP contribution in [-0.2, 0) is 19.7 Å². The Morgan fingerprint density at radius 1 is 1.47 bits per heavy atom. The van der Waals surface area contributed by atoms with Gasteiger partial charge in [0.1, 0.15) is 6.04 Å². The summed E-state index contributed by atoms with van der Waals surface area (Å²) in [5, 5.41) is 9.10. The Hall–Kier alpha value is -0.700. The molecule has 0 aromatic heterocycles. The largest absolute Gasteiger partial charge is 0.480 e. The number of hydrogen-bond acceptors (Lipinski definition) is 4. The molecule has 110 valence electrons. The summed E-state index contributed by atoms with van der Waals surface area (Å²) in [5.41, 5.74) is -0.179. The number of nitrogens with one attached hydrogen (secondary N) is 1. The van der Waals surface area contributed by atoms with Crippen LogP contribution in [0.1, 0.15) is 26.2 Å². The summed E-state index contributed by atoms with van der Waals surface area (Å²) < 4.78 is 33.0. The molecule has 19 heavy (non-hydrogen) atoms. The molecule has 0 aromatic rings. The molecule has 2 aliphatic rings. The summed E-state index contributed by atoms with van der Waals surface area (Å²) in [6.07, 6.45) is 1.82. The van der Waals surface area contributed by atoms with Gasteiger partial charge in [0.25, 0.3) is 10.2 Å². The summed E-state index contributed by atoms with van der Waals surface area (Å²) in [4.78, 5) is 11.1. The van der Waals surface area contributed by atoms with Crippen molar-refractivity contribution in [3.05, 3.63) is 0 Å². The summed E-state index contributed by atoms with van der Waals surface area (Å²) in [6, 6.07) is -0.948. The monoisotopic (exact) mass is 292 g/mol. The van der Waals surface area contributed by atoms with Crippen LogP contribution in [0.2, 0.25) is 0 Å². The van der Waals surface area contributed by atoms with Gasteiger partial charge in [-0.3, -0.25) is 4.79 Å². The molecule has 2 fully saturated rings. The zero-order chi connectivity index (χ0) is 14.1. The molecule has 2 heterocycles. The van der Waals surface area contributed by atoms with E-state index in [4.69, 9.17) is 9.84 Å². The first-order valence-corrected chi connectivity index (χ1v) is 7.85. The van der Waals surface area contributed by atoms with Gasteiger partial charge in [0.05, 0.1) is 13.2 Å². The van der Waals surface area contributed by atoms with Crippen LogP contribution in [0, 0.1) is 5.41 Å². The molecule has 1 unspecified atom stereocenters. The van der Waals surface area contributed by atoms with Gasteiger partial charge in [-0.25, -0.2) is 4.72 Å². The van der Waals surface area contributed by atoms with E-state index in [9.17, 15) is 13.2 Å². The van der Waals surface area contributed by atoms with Crippen LogP contribution in [0.15, 0.2) is 0 Å². The van der Waals surface area contributed by atoms with E-state index in [2.05, 4.69) is 4.72 Å². The average Bonchev–Trinajstić information content (AvgIpc) is 2.34. The number of carboxylic acids is 1. The molecule has 8 heteroatoms. The van der Waals surface area contributed by atoms with Crippen LogP contribution in [-0.4, -0.2) is 56.1 Å². The Labute approximate surface area is 113 Å². The van der Waals surface area contributed by atoms with Crippen LogP contribution in [0.4, 0.5) is 0 Å². The normalized spacial score (nSPS) is 27.7. The number of hydrogen-bond donors (Lipinski definition) is 2. The van der Waals surface area contributed by atoms with Crippen molar-refractivity contribution in [2.45, 2.75) is 32.2 Å². The average molecular weight is 292 g/mol. The van der Waals surface area contributed by atoms with Crippen molar-refractivity contribution in [3.63, 3.8) is 0 Å². The molecule has 7 nitrogen and oxygen atoms in total. The molecule has 0 bridgehead atoms. The summed E-state index contributed by atoms with van der Waals surface area (Å²) in [5.74, 6) is -1.08. The van der Waals surface area contributed by atoms with Crippen LogP contribution >= 0.6 is 0 Å². The van der Waals surface area contributed by atoms with Crippen LogP contribution in [0.5, 0.6) is 0 Å². The fraction of sp³-hybridized carbons (Fsp3) is 0.909. The van der Waals surface area contributed by atoms with E-state index in [-0.39, 0.29) is 18.5 Å². The number of carbonyl (C=O) groups is 1. The van der Waals surface area contributed by atoms with Gasteiger partial charge >= 0.3 is 5.97 Å². The van der Waals surface area contributed by atoms with Gasteiger partial charge in [0.2, 0.25) is 0 Å². The minimum absolute atomic E-state index is 0.179. The Morgan fingerprint density at radius 3 is 2.68 bits per heavy atom. The Balaban J connectivity index is 2.02. The van der Waals surface area contributed by atoms with E-state index in [1.807, 2.05) is 6.92 Å². The van der Waals surface area contributed by atoms with Crippen molar-refractivity contribution in [1.82, 2.24) is 9.03 Å². The van der Waals surface area contributed by atoms with Gasteiger partial charge in [-0.15, -0.1) is 0 Å². The van der Waals surface area contributed by atoms with E-state index >= 15 is 0 Å². The summed E-state index contributed by atoms with van der Waals surface area (Å²) in [7, 11) is -3.74. The van der Waals surface area contributed by atoms with E-state index in [0.717, 1.165) is 10.7 Å². The fourth-order valence-corrected chi connectivity index (χ4v) is 3.94. The van der Waals surface area contributed by atoms with Gasteiger partial charge < -0.3 is 9.84 Å². The molecule has 0 saturated carbocycles. The van der Waals surface area contributed by atoms with E-state index in [0.29, 0.717) is 26.1 Å². The van der Waals surface area contributed by atoms with Crippen LogP contribution in [0.25, 0.3) is 0 Å². The van der Waals surface area contributed by atoms with Crippen molar-refractivity contribution in [3.8, 4) is 0 Å². The molecule has 2 rings (SSSR count). The number of piperidine rings is 1. The second-order valence-corrected chi connectivity index (χ2v) is 7.30. The maximum absolute atomic E-state index is 12.2. The smallest absolute Gasteiger partial charge is 0.322 e. The molecular weight excluding hydrogens is 272 g/mol. The molecular formula is C11H20N2O5S. The van der Waals surface area contributed by atoms with Crippen LogP contribution in [0.3, 0.4) is 0 Å². The molecule has 0 radical (unpaired) electrons. The third-order valence-corrected chi connectivity index (χ3v) is 5.19. The first-order chi connectivity index (χ1) is 8.84. The first-order valence-electron chi connectivity index (χ1n) is 6.41. The lowest BCUT2D eigenvalue weighted by atomic mass is 9.89. The summed E-state index contributed by atoms with van der Waals surface area (Å²) >= 11 is 0. The second kappa shape index (κ2) is 5.35. The molecule has 0 aliphatic carbocycles. The van der Waals surface area contributed by atoms with Gasteiger partial charge in [0, 0.05) is 18.5 Å². The molecule has 0 amide bonds. The number of nitrogens with zero attached hydrogens (tertiary/aromatic N) is 1. The standard InChI is InChI=1S/C11H20N2O5S/c1-11(7-18-8-11)6-12-19(16,17)13-5-3-2-4-9(13)10(14)15/h9,12H,2-8H2,1H3,(H,14,15). The third kappa shape index (κ3) is 3.25. The predicted octanol–water partition coefficient (Wildman–Crippen LogP) is -0.204. The minimum Gasteiger partial charge on any atom is -0.480 e. The highest BCUT2D eigenvalue weighted by Crippen LogP contribution is 2.26. The number of ether oxygens (including phenoxy) is 1. The highest BCUT2D eigenvalue weighted by atomic mass is 32.2. The zero-order valence-electron chi connectivity index (χ0n) is 11.0. The first kappa shape index (κ1) is 14.7. The van der Waals surface area contributed by atoms with Crippen molar-refractivity contribution < 1.29 is 23.1 Å². The highest BCUT2D eigenvalue weighted by Gasteiger charge is 2.39. The lowest BCUT2D eigenvalue weighted by molar-refractivity contribution is -0.142. The lowest BCUT2D eigenvalue weighted by Crippen LogP contribution is -2.55. The van der Waals surface area contributed by atoms with E-state index in [1.165, 1.54) is 0 Å². The molecule has 0 aromatic carbocycles. The molecule has 2 saturated heterocycles. The topological polar surface area (TPSA) is 95.9 Å². The second-order valence-electron chi connectivity index (χ2n) is 5.59. The van der Waals surface area contributed by atoms with Gasteiger partial charge in [-0.2, -0.15) is 12.7 Å². The molecule has 0 spiro atoms. The Morgan fingerprint density at radius 2 is 2.16 bits per heavy atom. The summed E-state index contributed by atoms with van der Waals surface area (Å²) in [6.45, 7) is 3.53. The van der Waals surface area contributed by atoms with Crippen LogP contribution < -0.4 is 4.72 Å². The zero-order valence-corrected chi connectivity index (χ0v) is 11.8. The van der Waals surface area contributed by atoms with Gasteiger partial charge in [-0.1, -0.05) is 6.92 Å². The van der Waals surface area contributed by atoms with Gasteiger partial charge in [0.15, 0.2) is 0 Å². The van der Waals surface area contributed by atoms with E-state index < -0.39 is 22.2 Å². The molecule has 1 atom stereocenters. The van der Waals surface area contributed by atoms with Gasteiger partial charge in [-0.05, 0) is 19.3 Å². The highest BCUT2D eigenvalue weighted by molar-refractivity contribution is 7.87. The van der Waals surface area contributed by atoms with Crippen molar-refractivity contribution in [2.75, 3.05) is 26.3 Å². The number of rotatable bonds is 5. The third-order valence-electron chi connectivity index (χ3n) is 3.63. The van der Waals surface area contributed by atoms with E-state index in [1.54, 1.807) is 0 Å². The lowest BCUT2D eigenvalue weighted by Gasteiger charge is -2.39. The maximum Gasteiger partial charge on any atom is 0.322 e. The number of carboxylic acid groups (broad SMARTS) is 1. The Bertz CT molecular complexity index is 446. The predicted molar refractivity (Wildman–Crippen MR) is 67.8 cm³/mol.